The van der Waals surface area contributed by atoms with Crippen LogP contribution in [0.1, 0.15) is 140 Å². The molecule has 4 rings (SSSR count). The van der Waals surface area contributed by atoms with Crippen molar-refractivity contribution in [2.45, 2.75) is 201 Å². The van der Waals surface area contributed by atoms with Gasteiger partial charge in [-0.15, -0.1) is 0 Å². The SMILES string of the molecule is CC[C@H](C)[C@@H]1NC(=O)[C@H](NC(=O)[C@@H](CC(C)C)N(C)C(=O)[C@@H]2CCCN2C(=O)C(C)C)[C@@H](C)OC(=O)[C@H](Cc2ccc(OC)cc2)N(C)C(=O)[C@@H]2CCCN2C(=O)[C@H](CC(C)C)NC(=O)[C@@H](C)C(=O)[C@H](C(C)C)OC(=O)C[C@@H]1O. The maximum Gasteiger partial charge on any atom is 0.329 e. The standard InChI is InChI=1S/C58H91N7O14/c1-16-35(10)47-45(66)30-46(67)79-50(33(6)7)49(68)36(11)51(69)59-40(27-31(2)3)55(73)65-26-18-20-42(65)57(75)63(14)44(29-38-21-23-39(77-15)24-22-38)58(76)78-37(12)48(53(71)60-47)61-52(70)43(28-32(4)5)62(13)56(74)41-19-17-25-64(41)54(72)34(8)9/h21-24,31-37,40-45,47-48,50,66H,16-20,25-30H2,1-15H3,(H,59,69)(H,60,71)(H,61,70)/t35-,36-,37+,40-,41-,42-,43+,44-,45-,47-,48+,50-/m0/s1. The predicted octanol–water partition coefficient (Wildman–Crippen LogP) is 3.59. The average molecular weight is 1110 g/mol. The number of Topliss-reactive ketones (excluding diaryl/α,β-unsaturated/α-hetero) is 1. The van der Waals surface area contributed by atoms with Gasteiger partial charge in [-0.2, -0.15) is 0 Å². The number of fused-ring (bicyclic) bond motifs is 1. The highest BCUT2D eigenvalue weighted by molar-refractivity contribution is 6.05. The third kappa shape index (κ3) is 17.0. The molecule has 4 N–H and O–H groups in total. The number of likely N-dealkylation sites (N-methyl/N-ethyl adjacent to an activating group) is 2. The second-order valence-electron chi connectivity index (χ2n) is 23.4. The highest BCUT2D eigenvalue weighted by Crippen LogP contribution is 2.28. The summed E-state index contributed by atoms with van der Waals surface area (Å²) in [4.78, 5) is 149. The maximum atomic E-state index is 15.0. The first-order valence-corrected chi connectivity index (χ1v) is 28.3. The molecular formula is C58H91N7O14. The quantitative estimate of drug-likeness (QED) is 0.145. The van der Waals surface area contributed by atoms with Crippen molar-refractivity contribution in [2.75, 3.05) is 34.3 Å². The molecule has 21 nitrogen and oxygen atoms in total. The Morgan fingerprint density at radius 2 is 1.48 bits per heavy atom. The van der Waals surface area contributed by atoms with E-state index in [9.17, 15) is 48.3 Å². The van der Waals surface area contributed by atoms with Crippen LogP contribution in [0.25, 0.3) is 0 Å². The van der Waals surface area contributed by atoms with Crippen LogP contribution in [0.2, 0.25) is 0 Å². The van der Waals surface area contributed by atoms with E-state index in [0.29, 0.717) is 43.5 Å². The van der Waals surface area contributed by atoms with Gasteiger partial charge in [0.15, 0.2) is 11.9 Å². The summed E-state index contributed by atoms with van der Waals surface area (Å²) in [6, 6.07) is -1.82. The van der Waals surface area contributed by atoms with Gasteiger partial charge in [-0.05, 0) is 93.7 Å². The minimum Gasteiger partial charge on any atom is -0.497 e. The van der Waals surface area contributed by atoms with Gasteiger partial charge < -0.3 is 54.9 Å². The number of ketones is 1. The van der Waals surface area contributed by atoms with Gasteiger partial charge in [0.1, 0.15) is 48.1 Å². The van der Waals surface area contributed by atoms with Gasteiger partial charge in [0, 0.05) is 39.5 Å². The third-order valence-electron chi connectivity index (χ3n) is 15.6. The zero-order chi connectivity index (χ0) is 59.3. The first kappa shape index (κ1) is 65.4. The van der Waals surface area contributed by atoms with Crippen LogP contribution in [0.4, 0.5) is 0 Å². The lowest BCUT2D eigenvalue weighted by molar-refractivity contribution is -0.163. The number of likely N-dealkylation sites (tertiary alicyclic amines) is 1. The van der Waals surface area contributed by atoms with E-state index in [0.717, 1.165) is 0 Å². The van der Waals surface area contributed by atoms with Crippen molar-refractivity contribution in [1.29, 1.82) is 0 Å². The van der Waals surface area contributed by atoms with Crippen LogP contribution in [0.3, 0.4) is 0 Å². The van der Waals surface area contributed by atoms with Gasteiger partial charge in [0.05, 0.1) is 31.6 Å². The van der Waals surface area contributed by atoms with Crippen LogP contribution in [0.15, 0.2) is 24.3 Å². The van der Waals surface area contributed by atoms with E-state index < -0.39 is 138 Å². The van der Waals surface area contributed by atoms with E-state index in [1.807, 2.05) is 27.7 Å². The fraction of sp³-hybridized carbons (Fsp3) is 0.724. The van der Waals surface area contributed by atoms with Crippen molar-refractivity contribution >= 4 is 59.1 Å². The number of amides is 7. The van der Waals surface area contributed by atoms with Crippen LogP contribution in [-0.4, -0.2) is 179 Å². The van der Waals surface area contributed by atoms with E-state index in [2.05, 4.69) is 16.0 Å². The number of esters is 2. The second kappa shape index (κ2) is 29.4. The largest absolute Gasteiger partial charge is 0.497 e. The number of rotatable bonds is 15. The maximum absolute atomic E-state index is 15.0. The van der Waals surface area contributed by atoms with E-state index in [-0.39, 0.29) is 55.9 Å². The lowest BCUT2D eigenvalue weighted by atomic mass is 9.91. The summed E-state index contributed by atoms with van der Waals surface area (Å²) in [5.74, 6) is -9.84. The van der Waals surface area contributed by atoms with Gasteiger partial charge in [-0.1, -0.05) is 87.8 Å². The number of hydrogen-bond donors (Lipinski definition) is 4. The Balaban J connectivity index is 1.89. The highest BCUT2D eigenvalue weighted by Gasteiger charge is 2.46. The monoisotopic (exact) mass is 1110 g/mol. The summed E-state index contributed by atoms with van der Waals surface area (Å²) < 4.78 is 17.3. The van der Waals surface area contributed by atoms with Crippen molar-refractivity contribution in [3.05, 3.63) is 29.8 Å². The van der Waals surface area contributed by atoms with Gasteiger partial charge >= 0.3 is 11.9 Å². The van der Waals surface area contributed by atoms with Gasteiger partial charge in [0.2, 0.25) is 41.4 Å². The number of hydrogen-bond acceptors (Lipinski definition) is 14. The fourth-order valence-electron chi connectivity index (χ4n) is 10.6. The summed E-state index contributed by atoms with van der Waals surface area (Å²) in [5.41, 5.74) is 0.585. The topological polar surface area (TPSA) is 268 Å². The molecule has 0 unspecified atom stereocenters. The Morgan fingerprint density at radius 1 is 0.848 bits per heavy atom. The smallest absolute Gasteiger partial charge is 0.329 e. The van der Waals surface area contributed by atoms with Gasteiger partial charge in [-0.25, -0.2) is 4.79 Å². The summed E-state index contributed by atoms with van der Waals surface area (Å²) in [7, 11) is 4.38. The number of benzene rings is 1. The molecule has 79 heavy (non-hydrogen) atoms. The number of nitrogens with zero attached hydrogens (tertiary/aromatic N) is 4. The second-order valence-corrected chi connectivity index (χ2v) is 23.4. The van der Waals surface area contributed by atoms with E-state index in [1.54, 1.807) is 65.8 Å². The molecule has 0 saturated carbocycles. The predicted molar refractivity (Wildman–Crippen MR) is 293 cm³/mol. The molecule has 7 amide bonds. The molecule has 0 aliphatic carbocycles. The molecule has 12 atom stereocenters. The lowest BCUT2D eigenvalue weighted by Crippen LogP contribution is -2.62. The number of aliphatic hydroxyl groups is 1. The third-order valence-corrected chi connectivity index (χ3v) is 15.6. The van der Waals surface area contributed by atoms with Crippen molar-refractivity contribution in [3.8, 4) is 5.75 Å². The molecule has 3 heterocycles. The van der Waals surface area contributed by atoms with Crippen LogP contribution in [0.5, 0.6) is 5.75 Å². The zero-order valence-corrected chi connectivity index (χ0v) is 49.4. The van der Waals surface area contributed by atoms with E-state index in [4.69, 9.17) is 14.2 Å². The van der Waals surface area contributed by atoms with Crippen molar-refractivity contribution < 1.29 is 67.3 Å². The normalized spacial score (nSPS) is 27.3. The summed E-state index contributed by atoms with van der Waals surface area (Å²) >= 11 is 0. The van der Waals surface area contributed by atoms with Crippen molar-refractivity contribution in [1.82, 2.24) is 35.6 Å². The Morgan fingerprint density at radius 3 is 2.05 bits per heavy atom. The van der Waals surface area contributed by atoms with Crippen molar-refractivity contribution in [3.63, 3.8) is 0 Å². The molecule has 1 aromatic carbocycles. The fourth-order valence-corrected chi connectivity index (χ4v) is 10.6. The molecule has 0 bridgehead atoms. The molecule has 0 radical (unpaired) electrons. The Labute approximate surface area is 467 Å². The molecule has 3 aliphatic heterocycles. The molecule has 0 aromatic heterocycles. The summed E-state index contributed by atoms with van der Waals surface area (Å²) in [6.45, 7) is 20.9. The number of ether oxygens (including phenoxy) is 3. The van der Waals surface area contributed by atoms with Gasteiger partial charge in [-0.3, -0.25) is 43.2 Å². The average Bonchev–Trinajstić information content (AvgIpc) is 4.13. The number of carbonyl (C=O) groups is 10. The number of methoxy groups -OCH3 is 1. The van der Waals surface area contributed by atoms with Crippen LogP contribution >= 0.6 is 0 Å². The number of nitrogens with one attached hydrogen (secondary N) is 3. The van der Waals surface area contributed by atoms with Crippen LogP contribution < -0.4 is 20.7 Å². The molecule has 1 aromatic rings. The highest BCUT2D eigenvalue weighted by atomic mass is 16.6. The minimum atomic E-state index is -1.73. The Hall–Kier alpha value is -6.12. The van der Waals surface area contributed by atoms with Crippen LogP contribution in [-0.2, 0) is 63.8 Å². The minimum absolute atomic E-state index is 0.115. The van der Waals surface area contributed by atoms with Crippen LogP contribution in [0, 0.1) is 35.5 Å². The molecule has 3 aliphatic rings. The molecular weight excluding hydrogens is 1020 g/mol. The first-order valence-electron chi connectivity index (χ1n) is 28.3. The molecule has 442 valence electrons. The number of aliphatic hydroxyl groups excluding tert-OH is 1. The Kier molecular flexibility index (Phi) is 24.3. The van der Waals surface area contributed by atoms with Crippen molar-refractivity contribution in [2.24, 2.45) is 35.5 Å². The lowest BCUT2D eigenvalue weighted by Gasteiger charge is -2.36. The van der Waals surface area contributed by atoms with E-state index >= 15 is 4.79 Å². The molecule has 21 heteroatoms. The number of carbonyl (C=O) groups excluding carboxylic acids is 10. The van der Waals surface area contributed by atoms with E-state index in [1.165, 1.54) is 54.7 Å². The molecule has 3 fully saturated rings. The molecule has 0 spiro atoms. The summed E-state index contributed by atoms with van der Waals surface area (Å²) in [6.07, 6.45) is -3.21. The number of cyclic esters (lactones) is 2. The summed E-state index contributed by atoms with van der Waals surface area (Å²) in [5, 5.41) is 20.2. The zero-order valence-electron chi connectivity index (χ0n) is 49.4. The first-order chi connectivity index (χ1) is 37.0. The molecule has 3 saturated heterocycles. The Bertz CT molecular complexity index is 2330. The van der Waals surface area contributed by atoms with Gasteiger partial charge in [0.25, 0.3) is 0 Å².